The standard InChI is InChI=1S/C9H10ClFO/c1-12-6-7-2-3-9(11)4-8(7)5-10/h2-4H,5-6H2,1H3. The van der Waals surface area contributed by atoms with Gasteiger partial charge in [-0.15, -0.1) is 11.6 Å². The molecule has 0 N–H and O–H groups in total. The molecular weight excluding hydrogens is 179 g/mol. The van der Waals surface area contributed by atoms with Gasteiger partial charge in [-0.05, 0) is 23.3 Å². The Kier molecular flexibility index (Phi) is 3.50. The summed E-state index contributed by atoms with van der Waals surface area (Å²) in [6.07, 6.45) is 0. The zero-order valence-corrected chi connectivity index (χ0v) is 7.57. The highest BCUT2D eigenvalue weighted by atomic mass is 35.5. The Bertz CT molecular complexity index is 263. The van der Waals surface area contributed by atoms with Crippen LogP contribution in [0, 0.1) is 5.82 Å². The minimum atomic E-state index is -0.259. The molecule has 0 saturated heterocycles. The molecule has 1 nitrogen and oxygen atoms in total. The topological polar surface area (TPSA) is 9.23 Å². The smallest absolute Gasteiger partial charge is 0.123 e. The maximum Gasteiger partial charge on any atom is 0.123 e. The minimum absolute atomic E-state index is 0.259. The maximum absolute atomic E-state index is 12.7. The van der Waals surface area contributed by atoms with Crippen LogP contribution in [0.4, 0.5) is 4.39 Å². The fraction of sp³-hybridized carbons (Fsp3) is 0.333. The molecule has 0 aliphatic carbocycles. The number of hydrogen-bond acceptors (Lipinski definition) is 1. The van der Waals surface area contributed by atoms with Crippen LogP contribution in [-0.2, 0) is 17.2 Å². The van der Waals surface area contributed by atoms with E-state index in [-0.39, 0.29) is 5.82 Å². The quantitative estimate of drug-likeness (QED) is 0.663. The molecule has 0 bridgehead atoms. The Morgan fingerprint density at radius 3 is 2.75 bits per heavy atom. The zero-order valence-electron chi connectivity index (χ0n) is 6.81. The van der Waals surface area contributed by atoms with Crippen LogP contribution in [0.3, 0.4) is 0 Å². The molecule has 3 heteroatoms. The fourth-order valence-corrected chi connectivity index (χ4v) is 1.26. The number of hydrogen-bond donors (Lipinski definition) is 0. The summed E-state index contributed by atoms with van der Waals surface area (Å²) in [5.41, 5.74) is 1.73. The first kappa shape index (κ1) is 9.49. The molecule has 0 heterocycles. The second kappa shape index (κ2) is 4.43. The van der Waals surface area contributed by atoms with Crippen molar-refractivity contribution in [1.29, 1.82) is 0 Å². The summed E-state index contributed by atoms with van der Waals surface area (Å²) < 4.78 is 17.6. The molecule has 0 amide bonds. The summed E-state index contributed by atoms with van der Waals surface area (Å²) in [7, 11) is 1.60. The van der Waals surface area contributed by atoms with E-state index >= 15 is 0 Å². The van der Waals surface area contributed by atoms with Gasteiger partial charge in [0, 0.05) is 13.0 Å². The number of alkyl halides is 1. The average Bonchev–Trinajstić information content (AvgIpc) is 2.08. The first-order valence-corrected chi connectivity index (χ1v) is 4.13. The van der Waals surface area contributed by atoms with E-state index in [9.17, 15) is 4.39 Å². The summed E-state index contributed by atoms with van der Waals surface area (Å²) >= 11 is 5.62. The second-order valence-electron chi connectivity index (χ2n) is 2.48. The van der Waals surface area contributed by atoms with Crippen LogP contribution < -0.4 is 0 Å². The van der Waals surface area contributed by atoms with Gasteiger partial charge in [-0.25, -0.2) is 4.39 Å². The number of rotatable bonds is 3. The fourth-order valence-electron chi connectivity index (χ4n) is 1.02. The van der Waals surface area contributed by atoms with E-state index in [0.717, 1.165) is 11.1 Å². The van der Waals surface area contributed by atoms with Crippen LogP contribution in [-0.4, -0.2) is 7.11 Å². The van der Waals surface area contributed by atoms with Crippen LogP contribution in [0.25, 0.3) is 0 Å². The maximum atomic E-state index is 12.7. The van der Waals surface area contributed by atoms with Crippen LogP contribution in [0.15, 0.2) is 18.2 Å². The highest BCUT2D eigenvalue weighted by molar-refractivity contribution is 6.17. The summed E-state index contributed by atoms with van der Waals surface area (Å²) in [4.78, 5) is 0. The summed E-state index contributed by atoms with van der Waals surface area (Å²) in [6.45, 7) is 0.475. The third kappa shape index (κ3) is 2.19. The van der Waals surface area contributed by atoms with E-state index in [0.29, 0.717) is 12.5 Å². The van der Waals surface area contributed by atoms with Gasteiger partial charge in [-0.1, -0.05) is 6.07 Å². The Labute approximate surface area is 76.1 Å². The molecule has 1 aromatic carbocycles. The highest BCUT2D eigenvalue weighted by Crippen LogP contribution is 2.14. The van der Waals surface area contributed by atoms with E-state index in [1.165, 1.54) is 12.1 Å². The predicted molar refractivity (Wildman–Crippen MR) is 46.7 cm³/mol. The van der Waals surface area contributed by atoms with Gasteiger partial charge in [0.05, 0.1) is 6.61 Å². The lowest BCUT2D eigenvalue weighted by Gasteiger charge is -2.05. The van der Waals surface area contributed by atoms with E-state index in [2.05, 4.69) is 0 Å². The lowest BCUT2D eigenvalue weighted by molar-refractivity contribution is 0.184. The summed E-state index contributed by atoms with van der Waals surface area (Å²) in [6, 6.07) is 4.53. The van der Waals surface area contributed by atoms with Crippen LogP contribution in [0.2, 0.25) is 0 Å². The molecule has 0 radical (unpaired) electrons. The molecular formula is C9H10ClFO. The van der Waals surface area contributed by atoms with Gasteiger partial charge in [0.2, 0.25) is 0 Å². The van der Waals surface area contributed by atoms with Crippen LogP contribution in [0.5, 0.6) is 0 Å². The van der Waals surface area contributed by atoms with Gasteiger partial charge >= 0.3 is 0 Å². The van der Waals surface area contributed by atoms with Crippen molar-refractivity contribution in [2.24, 2.45) is 0 Å². The molecule has 0 unspecified atom stereocenters. The molecule has 12 heavy (non-hydrogen) atoms. The van der Waals surface area contributed by atoms with Gasteiger partial charge in [0.25, 0.3) is 0 Å². The Morgan fingerprint density at radius 1 is 1.42 bits per heavy atom. The van der Waals surface area contributed by atoms with Crippen LogP contribution in [0.1, 0.15) is 11.1 Å². The van der Waals surface area contributed by atoms with Crippen molar-refractivity contribution in [2.75, 3.05) is 7.11 Å². The normalized spacial score (nSPS) is 10.2. The number of ether oxygens (including phenoxy) is 1. The largest absolute Gasteiger partial charge is 0.380 e. The van der Waals surface area contributed by atoms with Crippen molar-refractivity contribution in [3.63, 3.8) is 0 Å². The lowest BCUT2D eigenvalue weighted by atomic mass is 10.1. The third-order valence-electron chi connectivity index (χ3n) is 1.61. The third-order valence-corrected chi connectivity index (χ3v) is 1.90. The molecule has 1 aromatic rings. The van der Waals surface area contributed by atoms with Gasteiger partial charge in [0.1, 0.15) is 5.82 Å². The summed E-state index contributed by atoms with van der Waals surface area (Å²) in [5.74, 6) is 0.0571. The molecule has 0 aliphatic rings. The second-order valence-corrected chi connectivity index (χ2v) is 2.75. The Morgan fingerprint density at radius 2 is 2.17 bits per heavy atom. The zero-order chi connectivity index (χ0) is 8.97. The molecule has 0 aliphatic heterocycles. The Hall–Kier alpha value is -0.600. The van der Waals surface area contributed by atoms with Gasteiger partial charge in [0.15, 0.2) is 0 Å². The van der Waals surface area contributed by atoms with Crippen molar-refractivity contribution >= 4 is 11.6 Å². The van der Waals surface area contributed by atoms with Crippen molar-refractivity contribution in [3.8, 4) is 0 Å². The van der Waals surface area contributed by atoms with E-state index < -0.39 is 0 Å². The molecule has 66 valence electrons. The predicted octanol–water partition coefficient (Wildman–Crippen LogP) is 2.71. The van der Waals surface area contributed by atoms with Crippen molar-refractivity contribution in [3.05, 3.63) is 35.1 Å². The number of halogens is 2. The Balaban J connectivity index is 2.94. The first-order valence-electron chi connectivity index (χ1n) is 3.60. The van der Waals surface area contributed by atoms with Gasteiger partial charge in [-0.2, -0.15) is 0 Å². The van der Waals surface area contributed by atoms with E-state index in [1.807, 2.05) is 0 Å². The SMILES string of the molecule is COCc1ccc(F)cc1CCl. The summed E-state index contributed by atoms with van der Waals surface area (Å²) in [5, 5.41) is 0. The minimum Gasteiger partial charge on any atom is -0.380 e. The van der Waals surface area contributed by atoms with Crippen LogP contribution >= 0.6 is 11.6 Å². The van der Waals surface area contributed by atoms with Crippen molar-refractivity contribution in [1.82, 2.24) is 0 Å². The number of methoxy groups -OCH3 is 1. The van der Waals surface area contributed by atoms with Gasteiger partial charge in [-0.3, -0.25) is 0 Å². The average molecular weight is 189 g/mol. The van der Waals surface area contributed by atoms with Crippen molar-refractivity contribution < 1.29 is 9.13 Å². The van der Waals surface area contributed by atoms with E-state index in [1.54, 1.807) is 13.2 Å². The number of benzene rings is 1. The molecule has 0 fully saturated rings. The van der Waals surface area contributed by atoms with E-state index in [4.69, 9.17) is 16.3 Å². The molecule has 0 spiro atoms. The highest BCUT2D eigenvalue weighted by Gasteiger charge is 2.01. The molecule has 0 atom stereocenters. The molecule has 0 saturated carbocycles. The molecule has 0 aromatic heterocycles. The molecule has 1 rings (SSSR count). The lowest BCUT2D eigenvalue weighted by Crippen LogP contribution is -1.94. The monoisotopic (exact) mass is 188 g/mol. The van der Waals surface area contributed by atoms with Gasteiger partial charge < -0.3 is 4.74 Å². The van der Waals surface area contributed by atoms with Crippen molar-refractivity contribution in [2.45, 2.75) is 12.5 Å². The first-order chi connectivity index (χ1) is 5.77.